The summed E-state index contributed by atoms with van der Waals surface area (Å²) in [4.78, 5) is 12.5. The first kappa shape index (κ1) is 26.1. The molecule has 2 N–H and O–H groups in total. The Morgan fingerprint density at radius 3 is 2.19 bits per heavy atom. The summed E-state index contributed by atoms with van der Waals surface area (Å²) < 4.78 is 0. The molecule has 0 fully saturated rings. The Labute approximate surface area is 196 Å². The SMILES string of the molecule is CC(O)CC(C)O.[C-]#[N+]c1ccc(-c2nc(C)cnc2-c2[c-]cc(C#N)cc2)cc1.[Ir]. The second-order valence-corrected chi connectivity index (χ2v) is 6.90. The molecule has 2 atom stereocenters. The van der Waals surface area contributed by atoms with Gasteiger partial charge in [-0.1, -0.05) is 24.3 Å². The standard InChI is InChI=1S/C19H11N4.C5H12O2.Ir/c1-13-12-22-18(15-5-3-14(11-20)4-6-15)19(23-13)16-7-9-17(21-2)10-8-16;1-4(6)3-5(2)7;/h3-5,7-10,12H,1H3;4-7H,3H2,1-2H3;/q-1;;. The average molecular weight is 592 g/mol. The fourth-order valence-corrected chi connectivity index (χ4v) is 2.70. The van der Waals surface area contributed by atoms with Gasteiger partial charge < -0.3 is 15.2 Å². The quantitative estimate of drug-likeness (QED) is 0.437. The number of benzene rings is 2. The molecule has 1 heterocycles. The van der Waals surface area contributed by atoms with Crippen molar-refractivity contribution in [1.29, 1.82) is 5.26 Å². The number of aliphatic hydroxyl groups is 2. The number of rotatable bonds is 4. The molecule has 0 bridgehead atoms. The van der Waals surface area contributed by atoms with Crippen molar-refractivity contribution in [2.45, 2.75) is 39.4 Å². The van der Waals surface area contributed by atoms with Crippen molar-refractivity contribution < 1.29 is 30.3 Å². The first-order valence-electron chi connectivity index (χ1n) is 9.44. The van der Waals surface area contributed by atoms with Gasteiger partial charge in [0.1, 0.15) is 0 Å². The zero-order chi connectivity index (χ0) is 22.1. The minimum Gasteiger partial charge on any atom is -0.393 e. The van der Waals surface area contributed by atoms with Crippen molar-refractivity contribution in [2.24, 2.45) is 0 Å². The molecular formula is C24H23IrN4O2-. The van der Waals surface area contributed by atoms with Crippen LogP contribution in [0.15, 0.2) is 48.7 Å². The van der Waals surface area contributed by atoms with Crippen LogP contribution in [0.4, 0.5) is 5.69 Å². The van der Waals surface area contributed by atoms with Crippen LogP contribution < -0.4 is 0 Å². The molecule has 0 aliphatic rings. The Morgan fingerprint density at radius 2 is 1.74 bits per heavy atom. The van der Waals surface area contributed by atoms with Crippen molar-refractivity contribution in [2.75, 3.05) is 0 Å². The smallest absolute Gasteiger partial charge is 0.187 e. The maximum Gasteiger partial charge on any atom is 0.187 e. The van der Waals surface area contributed by atoms with Gasteiger partial charge in [0.2, 0.25) is 0 Å². The predicted octanol–water partition coefficient (Wildman–Crippen LogP) is 4.48. The summed E-state index contributed by atoms with van der Waals surface area (Å²) in [5.41, 5.74) is 5.06. The van der Waals surface area contributed by atoms with Crippen molar-refractivity contribution in [3.63, 3.8) is 0 Å². The van der Waals surface area contributed by atoms with E-state index in [1.165, 1.54) is 0 Å². The molecule has 0 amide bonds. The van der Waals surface area contributed by atoms with Gasteiger partial charge in [-0.25, -0.2) is 10.1 Å². The number of hydrogen-bond acceptors (Lipinski definition) is 5. The van der Waals surface area contributed by atoms with Crippen molar-refractivity contribution >= 4 is 5.69 Å². The molecule has 0 saturated carbocycles. The molecule has 0 aliphatic carbocycles. The molecule has 1 radical (unpaired) electrons. The molecule has 3 rings (SSSR count). The van der Waals surface area contributed by atoms with Crippen molar-refractivity contribution in [3.8, 4) is 28.6 Å². The van der Waals surface area contributed by atoms with Crippen molar-refractivity contribution in [3.05, 3.63) is 77.4 Å². The second kappa shape index (κ2) is 12.7. The molecule has 2 aromatic carbocycles. The molecule has 161 valence electrons. The first-order valence-corrected chi connectivity index (χ1v) is 9.44. The zero-order valence-corrected chi connectivity index (χ0v) is 19.9. The van der Waals surface area contributed by atoms with Crippen LogP contribution in [0.25, 0.3) is 27.4 Å². The van der Waals surface area contributed by atoms with E-state index < -0.39 is 0 Å². The predicted molar refractivity (Wildman–Crippen MR) is 115 cm³/mol. The van der Waals surface area contributed by atoms with E-state index in [1.807, 2.05) is 25.1 Å². The Morgan fingerprint density at radius 1 is 1.10 bits per heavy atom. The average Bonchev–Trinajstić information content (AvgIpc) is 2.73. The summed E-state index contributed by atoms with van der Waals surface area (Å²) in [6.07, 6.45) is 1.43. The molecule has 0 saturated heterocycles. The summed E-state index contributed by atoms with van der Waals surface area (Å²) in [5.74, 6) is 0. The van der Waals surface area contributed by atoms with Crippen LogP contribution in [0.1, 0.15) is 31.5 Å². The van der Waals surface area contributed by atoms with Gasteiger partial charge in [0, 0.05) is 38.1 Å². The van der Waals surface area contributed by atoms with Gasteiger partial charge >= 0.3 is 0 Å². The molecule has 3 aromatic rings. The number of nitriles is 1. The Bertz CT molecular complexity index is 1040. The zero-order valence-electron chi connectivity index (χ0n) is 17.5. The topological polar surface area (TPSA) is 94.4 Å². The molecule has 31 heavy (non-hydrogen) atoms. The number of aromatic nitrogens is 2. The van der Waals surface area contributed by atoms with E-state index >= 15 is 0 Å². The van der Waals surface area contributed by atoms with Gasteiger partial charge in [0.15, 0.2) is 5.69 Å². The maximum absolute atomic E-state index is 8.90. The molecule has 2 unspecified atom stereocenters. The molecule has 0 spiro atoms. The third kappa shape index (κ3) is 8.02. The van der Waals surface area contributed by atoms with Crippen LogP contribution in [-0.2, 0) is 20.1 Å². The van der Waals surface area contributed by atoms with Gasteiger partial charge in [-0.05, 0) is 38.3 Å². The summed E-state index contributed by atoms with van der Waals surface area (Å²) in [7, 11) is 0. The van der Waals surface area contributed by atoms with Gasteiger partial charge in [-0.3, -0.25) is 4.98 Å². The fourth-order valence-electron chi connectivity index (χ4n) is 2.70. The van der Waals surface area contributed by atoms with Gasteiger partial charge in [-0.2, -0.15) is 0 Å². The number of hydrogen-bond donors (Lipinski definition) is 2. The summed E-state index contributed by atoms with van der Waals surface area (Å²) in [5, 5.41) is 26.0. The third-order valence-corrected chi connectivity index (χ3v) is 4.04. The third-order valence-electron chi connectivity index (χ3n) is 4.04. The fraction of sp³-hybridized carbons (Fsp3) is 0.250. The monoisotopic (exact) mass is 592 g/mol. The number of aryl methyl sites for hydroxylation is 1. The van der Waals surface area contributed by atoms with E-state index in [-0.39, 0.29) is 32.3 Å². The Kier molecular flexibility index (Phi) is 10.7. The molecule has 0 aliphatic heterocycles. The van der Waals surface area contributed by atoms with Gasteiger partial charge in [0.25, 0.3) is 0 Å². The summed E-state index contributed by atoms with van der Waals surface area (Å²) in [6.45, 7) is 12.2. The van der Waals surface area contributed by atoms with Crippen LogP contribution in [0.2, 0.25) is 0 Å². The van der Waals surface area contributed by atoms with Crippen molar-refractivity contribution in [1.82, 2.24) is 9.97 Å². The second-order valence-electron chi connectivity index (χ2n) is 6.90. The van der Waals surface area contributed by atoms with Gasteiger partial charge in [0.05, 0.1) is 30.2 Å². The largest absolute Gasteiger partial charge is 0.393 e. The minimum absolute atomic E-state index is 0. The first-order chi connectivity index (χ1) is 14.3. The van der Waals surface area contributed by atoms with Crippen LogP contribution in [0.3, 0.4) is 0 Å². The maximum atomic E-state index is 8.90. The number of aliphatic hydroxyl groups excluding tert-OH is 2. The van der Waals surface area contributed by atoms with Crippen LogP contribution in [0.5, 0.6) is 0 Å². The Hall–Kier alpha value is -2.93. The van der Waals surface area contributed by atoms with E-state index in [2.05, 4.69) is 26.9 Å². The number of nitrogens with zero attached hydrogens (tertiary/aromatic N) is 4. The van der Waals surface area contributed by atoms with Crippen LogP contribution in [0, 0.1) is 30.9 Å². The van der Waals surface area contributed by atoms with E-state index in [4.69, 9.17) is 22.0 Å². The van der Waals surface area contributed by atoms with Crippen LogP contribution >= 0.6 is 0 Å². The minimum atomic E-state index is -0.375. The summed E-state index contributed by atoms with van der Waals surface area (Å²) >= 11 is 0. The molecular weight excluding hydrogens is 569 g/mol. The normalized spacial score (nSPS) is 11.6. The molecule has 1 aromatic heterocycles. The van der Waals surface area contributed by atoms with E-state index in [0.717, 1.165) is 22.5 Å². The molecule has 6 nitrogen and oxygen atoms in total. The molecule has 7 heteroatoms. The van der Waals surface area contributed by atoms with Gasteiger partial charge in [-0.15, -0.1) is 29.8 Å². The summed E-state index contributed by atoms with van der Waals surface area (Å²) in [6, 6.07) is 17.6. The van der Waals surface area contributed by atoms with E-state index in [9.17, 15) is 0 Å². The van der Waals surface area contributed by atoms with E-state index in [0.29, 0.717) is 23.4 Å². The van der Waals surface area contributed by atoms with Crippen LogP contribution in [-0.4, -0.2) is 32.4 Å². The van der Waals surface area contributed by atoms with E-state index in [1.54, 1.807) is 44.3 Å². The Balaban J connectivity index is 0.000000523.